The molecule has 0 aliphatic carbocycles. The van der Waals surface area contributed by atoms with Gasteiger partial charge in [-0.15, -0.1) is 0 Å². The molecule has 8 heteroatoms. The van der Waals surface area contributed by atoms with E-state index in [9.17, 15) is 16.8 Å². The van der Waals surface area contributed by atoms with E-state index < -0.39 is 20.0 Å². The Hall–Kier alpha value is -1.57. The topological polar surface area (TPSA) is 77.5 Å². The first-order valence-electron chi connectivity index (χ1n) is 6.52. The Morgan fingerprint density at radius 1 is 0.957 bits per heavy atom. The smallest absolute Gasteiger partial charge is 0.339 e. The summed E-state index contributed by atoms with van der Waals surface area (Å²) in [5.41, 5.74) is 1.15. The van der Waals surface area contributed by atoms with Gasteiger partial charge in [-0.2, -0.15) is 8.42 Å². The van der Waals surface area contributed by atoms with Crippen LogP contribution in [0.2, 0.25) is 5.02 Å². The van der Waals surface area contributed by atoms with Gasteiger partial charge in [0.15, 0.2) is 15.6 Å². The first-order valence-corrected chi connectivity index (χ1v) is 10.2. The number of aryl methyl sites for hydroxylation is 2. The molecule has 2 rings (SSSR count). The fourth-order valence-corrected chi connectivity index (χ4v) is 4.04. The quantitative estimate of drug-likeness (QED) is 0.768. The van der Waals surface area contributed by atoms with Gasteiger partial charge in [-0.3, -0.25) is 0 Å². The maximum Gasteiger partial charge on any atom is 0.339 e. The van der Waals surface area contributed by atoms with Crippen LogP contribution < -0.4 is 4.18 Å². The molecular formula is C15H15ClO5S2. The van der Waals surface area contributed by atoms with Crippen molar-refractivity contribution in [2.75, 3.05) is 6.26 Å². The highest BCUT2D eigenvalue weighted by atomic mass is 35.5. The molecular weight excluding hydrogens is 360 g/mol. The van der Waals surface area contributed by atoms with Crippen molar-refractivity contribution in [3.05, 3.63) is 52.5 Å². The molecule has 0 aliphatic heterocycles. The van der Waals surface area contributed by atoms with Gasteiger partial charge >= 0.3 is 10.1 Å². The van der Waals surface area contributed by atoms with Gasteiger partial charge in [-0.25, -0.2) is 8.42 Å². The fourth-order valence-electron chi connectivity index (χ4n) is 1.92. The van der Waals surface area contributed by atoms with Crippen molar-refractivity contribution in [1.29, 1.82) is 0 Å². The molecule has 0 fully saturated rings. The fraction of sp³-hybridized carbons (Fsp3) is 0.200. The van der Waals surface area contributed by atoms with Crippen molar-refractivity contribution in [2.24, 2.45) is 0 Å². The van der Waals surface area contributed by atoms with Gasteiger partial charge < -0.3 is 4.18 Å². The molecule has 23 heavy (non-hydrogen) atoms. The van der Waals surface area contributed by atoms with E-state index in [0.717, 1.165) is 17.9 Å². The molecule has 0 saturated heterocycles. The van der Waals surface area contributed by atoms with Crippen LogP contribution in [0.5, 0.6) is 5.75 Å². The molecule has 0 aromatic heterocycles. The number of halogens is 1. The Bertz CT molecular complexity index is 963. The van der Waals surface area contributed by atoms with Crippen molar-refractivity contribution in [2.45, 2.75) is 23.6 Å². The first kappa shape index (κ1) is 17.8. The number of hydrogen-bond acceptors (Lipinski definition) is 5. The zero-order valence-corrected chi connectivity index (χ0v) is 15.1. The summed E-state index contributed by atoms with van der Waals surface area (Å²) in [6.45, 7) is 3.32. The number of sulfone groups is 1. The Balaban J connectivity index is 2.54. The van der Waals surface area contributed by atoms with Crippen LogP contribution in [0.25, 0.3) is 0 Å². The second kappa shape index (κ2) is 6.14. The Morgan fingerprint density at radius 2 is 1.61 bits per heavy atom. The van der Waals surface area contributed by atoms with Crippen LogP contribution >= 0.6 is 11.6 Å². The van der Waals surface area contributed by atoms with Crippen molar-refractivity contribution < 1.29 is 21.0 Å². The summed E-state index contributed by atoms with van der Waals surface area (Å²) in [5.74, 6) is -0.00387. The molecule has 0 radical (unpaired) electrons. The third-order valence-electron chi connectivity index (χ3n) is 3.14. The molecule has 0 unspecified atom stereocenters. The van der Waals surface area contributed by atoms with Gasteiger partial charge in [0.25, 0.3) is 0 Å². The van der Waals surface area contributed by atoms with Gasteiger partial charge in [0, 0.05) is 6.26 Å². The highest BCUT2D eigenvalue weighted by molar-refractivity contribution is 7.90. The summed E-state index contributed by atoms with van der Waals surface area (Å²) >= 11 is 5.95. The van der Waals surface area contributed by atoms with Crippen LogP contribution in [0.4, 0.5) is 0 Å². The van der Waals surface area contributed by atoms with Crippen molar-refractivity contribution in [3.63, 3.8) is 0 Å². The molecule has 2 aromatic rings. The molecule has 0 amide bonds. The zero-order chi connectivity index (χ0) is 17.4. The molecule has 124 valence electrons. The summed E-state index contributed by atoms with van der Waals surface area (Å²) in [5, 5.41) is 0.149. The van der Waals surface area contributed by atoms with E-state index in [0.29, 0.717) is 5.56 Å². The minimum Gasteiger partial charge on any atom is -0.377 e. The zero-order valence-electron chi connectivity index (χ0n) is 12.7. The number of rotatable bonds is 4. The predicted octanol–water partition coefficient (Wildman–Crippen LogP) is 3.13. The molecule has 0 atom stereocenters. The maximum absolute atomic E-state index is 12.5. The van der Waals surface area contributed by atoms with Gasteiger partial charge in [0.1, 0.15) is 4.90 Å². The third-order valence-corrected chi connectivity index (χ3v) is 5.94. The van der Waals surface area contributed by atoms with Crippen LogP contribution in [0, 0.1) is 13.8 Å². The Kier molecular flexibility index (Phi) is 4.75. The van der Waals surface area contributed by atoms with Crippen LogP contribution in [-0.2, 0) is 20.0 Å². The lowest BCUT2D eigenvalue weighted by Crippen LogP contribution is -2.13. The third kappa shape index (κ3) is 4.04. The van der Waals surface area contributed by atoms with Crippen molar-refractivity contribution >= 4 is 31.6 Å². The number of benzene rings is 2. The van der Waals surface area contributed by atoms with Gasteiger partial charge in [-0.1, -0.05) is 23.7 Å². The minimum atomic E-state index is -4.21. The molecule has 5 nitrogen and oxygen atoms in total. The Morgan fingerprint density at radius 3 is 2.22 bits per heavy atom. The van der Waals surface area contributed by atoms with Crippen molar-refractivity contribution in [1.82, 2.24) is 0 Å². The molecule has 0 heterocycles. The lowest BCUT2D eigenvalue weighted by molar-refractivity contribution is 0.485. The summed E-state index contributed by atoms with van der Waals surface area (Å²) in [4.78, 5) is -0.307. The van der Waals surface area contributed by atoms with Crippen LogP contribution in [-0.4, -0.2) is 23.1 Å². The molecule has 2 aromatic carbocycles. The summed E-state index contributed by atoms with van der Waals surface area (Å²) in [7, 11) is -7.75. The monoisotopic (exact) mass is 374 g/mol. The molecule has 0 aliphatic rings. The summed E-state index contributed by atoms with van der Waals surface area (Å²) < 4.78 is 53.3. The van der Waals surface area contributed by atoms with E-state index in [4.69, 9.17) is 15.8 Å². The number of hydrogen-bond donors (Lipinski definition) is 0. The van der Waals surface area contributed by atoms with Gasteiger partial charge in [0.2, 0.25) is 0 Å². The van der Waals surface area contributed by atoms with E-state index in [1.165, 1.54) is 24.3 Å². The lowest BCUT2D eigenvalue weighted by atomic mass is 10.2. The minimum absolute atomic E-state index is 0.00387. The molecule has 0 bridgehead atoms. The largest absolute Gasteiger partial charge is 0.377 e. The second-order valence-corrected chi connectivity index (χ2v) is 9.11. The normalized spacial score (nSPS) is 12.2. The highest BCUT2D eigenvalue weighted by Crippen LogP contribution is 2.30. The van der Waals surface area contributed by atoms with E-state index in [1.807, 2.05) is 0 Å². The van der Waals surface area contributed by atoms with E-state index in [2.05, 4.69) is 0 Å². The summed E-state index contributed by atoms with van der Waals surface area (Å²) in [6, 6.07) is 8.60. The van der Waals surface area contributed by atoms with Crippen LogP contribution in [0.15, 0.2) is 46.2 Å². The van der Waals surface area contributed by atoms with Crippen LogP contribution in [0.1, 0.15) is 11.1 Å². The Labute approximate surface area is 140 Å². The van der Waals surface area contributed by atoms with Gasteiger partial charge in [0.05, 0.1) is 9.92 Å². The average Bonchev–Trinajstić information content (AvgIpc) is 2.41. The molecule has 0 saturated carbocycles. The van der Waals surface area contributed by atoms with Crippen LogP contribution in [0.3, 0.4) is 0 Å². The highest BCUT2D eigenvalue weighted by Gasteiger charge is 2.23. The van der Waals surface area contributed by atoms with E-state index in [1.54, 1.807) is 19.9 Å². The summed E-state index contributed by atoms with van der Waals surface area (Å²) in [6.07, 6.45) is 1.01. The van der Waals surface area contributed by atoms with E-state index in [-0.39, 0.29) is 20.6 Å². The first-order chi connectivity index (χ1) is 10.5. The standard InChI is InChI=1S/C15H15ClO5S2/c1-10-4-7-13(16)14(8-10)21-23(19,20)15-9-12(22(3,17)18)6-5-11(15)2/h4-9H,1-3H3. The lowest BCUT2D eigenvalue weighted by Gasteiger charge is -2.12. The SMILES string of the molecule is Cc1ccc(Cl)c(OS(=O)(=O)c2cc(S(C)(=O)=O)ccc2C)c1. The molecule has 0 N–H and O–H groups in total. The average molecular weight is 375 g/mol. The molecule has 0 spiro atoms. The second-order valence-electron chi connectivity index (χ2n) is 5.17. The predicted molar refractivity (Wildman–Crippen MR) is 88.3 cm³/mol. The maximum atomic E-state index is 12.5. The van der Waals surface area contributed by atoms with E-state index >= 15 is 0 Å². The van der Waals surface area contributed by atoms with Crippen molar-refractivity contribution in [3.8, 4) is 5.75 Å². The van der Waals surface area contributed by atoms with Gasteiger partial charge in [-0.05, 0) is 49.2 Å².